The van der Waals surface area contributed by atoms with Gasteiger partial charge in [-0.3, -0.25) is 0 Å². The fourth-order valence-electron chi connectivity index (χ4n) is 1.46. The Morgan fingerprint density at radius 1 is 1.35 bits per heavy atom. The highest BCUT2D eigenvalue weighted by atomic mass is 32.1. The Morgan fingerprint density at radius 2 is 2.06 bits per heavy atom. The Balaban J connectivity index is 2.12. The number of hydrogen-bond donors (Lipinski definition) is 0. The van der Waals surface area contributed by atoms with Crippen LogP contribution in [0.3, 0.4) is 0 Å². The fraction of sp³-hybridized carbons (Fsp3) is 0.231. The van der Waals surface area contributed by atoms with Crippen LogP contribution in [0.25, 0.3) is 11.3 Å². The van der Waals surface area contributed by atoms with E-state index >= 15 is 0 Å². The molecule has 0 bridgehead atoms. The standard InChI is InChI=1S/C13H12FNOS/c1-9(16)2-7-13-15-12(8-17-13)10-3-5-11(14)6-4-10/h3-6,8H,2,7H2,1H3. The van der Waals surface area contributed by atoms with Crippen molar-refractivity contribution in [3.63, 3.8) is 0 Å². The highest BCUT2D eigenvalue weighted by Gasteiger charge is 2.05. The highest BCUT2D eigenvalue weighted by Crippen LogP contribution is 2.22. The zero-order valence-corrected chi connectivity index (χ0v) is 10.3. The van der Waals surface area contributed by atoms with Gasteiger partial charge in [0, 0.05) is 23.8 Å². The quantitative estimate of drug-likeness (QED) is 0.830. The first-order valence-electron chi connectivity index (χ1n) is 5.35. The Hall–Kier alpha value is -1.55. The van der Waals surface area contributed by atoms with Crippen LogP contribution in [0.5, 0.6) is 0 Å². The molecule has 0 fully saturated rings. The number of Topliss-reactive ketones (excluding diaryl/α,β-unsaturated/α-hetero) is 1. The second-order valence-electron chi connectivity index (χ2n) is 3.84. The molecule has 0 spiro atoms. The van der Waals surface area contributed by atoms with Crippen molar-refractivity contribution >= 4 is 17.1 Å². The van der Waals surface area contributed by atoms with Crippen LogP contribution in [0.4, 0.5) is 4.39 Å². The maximum Gasteiger partial charge on any atom is 0.130 e. The Bertz CT molecular complexity index is 518. The topological polar surface area (TPSA) is 30.0 Å². The maximum atomic E-state index is 12.8. The van der Waals surface area contributed by atoms with E-state index < -0.39 is 0 Å². The molecule has 0 radical (unpaired) electrons. The van der Waals surface area contributed by atoms with E-state index in [4.69, 9.17) is 0 Å². The van der Waals surface area contributed by atoms with Gasteiger partial charge in [0.2, 0.25) is 0 Å². The zero-order chi connectivity index (χ0) is 12.3. The average Bonchev–Trinajstić information content (AvgIpc) is 2.76. The number of thiazole rings is 1. The van der Waals surface area contributed by atoms with E-state index in [1.54, 1.807) is 19.1 Å². The van der Waals surface area contributed by atoms with Gasteiger partial charge >= 0.3 is 0 Å². The van der Waals surface area contributed by atoms with Crippen LogP contribution >= 0.6 is 11.3 Å². The first kappa shape index (κ1) is 11.9. The van der Waals surface area contributed by atoms with E-state index in [9.17, 15) is 9.18 Å². The van der Waals surface area contributed by atoms with Gasteiger partial charge in [-0.05, 0) is 31.2 Å². The number of nitrogens with zero attached hydrogens (tertiary/aromatic N) is 1. The van der Waals surface area contributed by atoms with E-state index in [1.165, 1.54) is 23.5 Å². The number of halogens is 1. The smallest absolute Gasteiger partial charge is 0.130 e. The van der Waals surface area contributed by atoms with Gasteiger partial charge < -0.3 is 4.79 Å². The van der Waals surface area contributed by atoms with Gasteiger partial charge in [0.15, 0.2) is 0 Å². The lowest BCUT2D eigenvalue weighted by atomic mass is 10.2. The summed E-state index contributed by atoms with van der Waals surface area (Å²) in [6.07, 6.45) is 1.21. The molecule has 17 heavy (non-hydrogen) atoms. The van der Waals surface area contributed by atoms with Gasteiger partial charge in [-0.1, -0.05) is 0 Å². The second-order valence-corrected chi connectivity index (χ2v) is 4.78. The van der Waals surface area contributed by atoms with Crippen LogP contribution in [-0.4, -0.2) is 10.8 Å². The van der Waals surface area contributed by atoms with E-state index in [0.29, 0.717) is 12.8 Å². The molecular weight excluding hydrogens is 237 g/mol. The van der Waals surface area contributed by atoms with Crippen molar-refractivity contribution in [1.29, 1.82) is 0 Å². The van der Waals surface area contributed by atoms with E-state index in [0.717, 1.165) is 16.3 Å². The van der Waals surface area contributed by atoms with Crippen LogP contribution in [0.15, 0.2) is 29.6 Å². The molecule has 1 aromatic carbocycles. The molecule has 0 amide bonds. The molecule has 2 nitrogen and oxygen atoms in total. The monoisotopic (exact) mass is 249 g/mol. The fourth-order valence-corrected chi connectivity index (χ4v) is 2.27. The number of aromatic nitrogens is 1. The van der Waals surface area contributed by atoms with E-state index in [1.807, 2.05) is 5.38 Å². The minimum absolute atomic E-state index is 0.170. The minimum Gasteiger partial charge on any atom is -0.300 e. The molecule has 0 atom stereocenters. The highest BCUT2D eigenvalue weighted by molar-refractivity contribution is 7.09. The van der Waals surface area contributed by atoms with Crippen LogP contribution < -0.4 is 0 Å². The summed E-state index contributed by atoms with van der Waals surface area (Å²) in [7, 11) is 0. The number of aryl methyl sites for hydroxylation is 1. The summed E-state index contributed by atoms with van der Waals surface area (Å²) >= 11 is 1.53. The predicted octanol–water partition coefficient (Wildman–Crippen LogP) is 3.47. The molecule has 4 heteroatoms. The van der Waals surface area contributed by atoms with Gasteiger partial charge in [0.25, 0.3) is 0 Å². The number of carbonyl (C=O) groups is 1. The molecular formula is C13H12FNOS. The largest absolute Gasteiger partial charge is 0.300 e. The summed E-state index contributed by atoms with van der Waals surface area (Å²) in [6, 6.07) is 6.26. The first-order valence-corrected chi connectivity index (χ1v) is 6.23. The minimum atomic E-state index is -0.249. The predicted molar refractivity (Wildman–Crippen MR) is 66.5 cm³/mol. The summed E-state index contributed by atoms with van der Waals surface area (Å²) in [5.74, 6) is -0.0793. The maximum absolute atomic E-state index is 12.8. The van der Waals surface area contributed by atoms with Gasteiger partial charge in [-0.2, -0.15) is 0 Å². The van der Waals surface area contributed by atoms with Gasteiger partial charge in [0.1, 0.15) is 11.6 Å². The Labute approximate surface area is 103 Å². The summed E-state index contributed by atoms with van der Waals surface area (Å²) in [4.78, 5) is 15.3. The SMILES string of the molecule is CC(=O)CCc1nc(-c2ccc(F)cc2)cs1. The lowest BCUT2D eigenvalue weighted by molar-refractivity contribution is -0.116. The van der Waals surface area contributed by atoms with Crippen LogP contribution in [0, 0.1) is 5.82 Å². The molecule has 0 N–H and O–H groups in total. The molecule has 1 heterocycles. The summed E-state index contributed by atoms with van der Waals surface area (Å²) < 4.78 is 12.8. The first-order chi connectivity index (χ1) is 8.15. The van der Waals surface area contributed by atoms with Gasteiger partial charge in [0.05, 0.1) is 10.7 Å². The molecule has 0 unspecified atom stereocenters. The number of hydrogen-bond acceptors (Lipinski definition) is 3. The third-order valence-electron chi connectivity index (χ3n) is 2.38. The molecule has 88 valence electrons. The molecule has 0 saturated heterocycles. The van der Waals surface area contributed by atoms with Crippen molar-refractivity contribution in [2.75, 3.05) is 0 Å². The summed E-state index contributed by atoms with van der Waals surface area (Å²) in [6.45, 7) is 1.58. The number of carbonyl (C=O) groups excluding carboxylic acids is 1. The average molecular weight is 249 g/mol. The molecule has 2 rings (SSSR count). The van der Waals surface area contributed by atoms with Crippen LogP contribution in [0.1, 0.15) is 18.4 Å². The molecule has 1 aromatic heterocycles. The second kappa shape index (κ2) is 5.19. The Morgan fingerprint density at radius 3 is 2.71 bits per heavy atom. The third-order valence-corrected chi connectivity index (χ3v) is 3.29. The summed E-state index contributed by atoms with van der Waals surface area (Å²) in [5, 5.41) is 2.88. The van der Waals surface area contributed by atoms with Crippen molar-refractivity contribution in [2.24, 2.45) is 0 Å². The molecule has 2 aromatic rings. The molecule has 0 aliphatic heterocycles. The Kier molecular flexibility index (Phi) is 3.64. The van der Waals surface area contributed by atoms with Crippen molar-refractivity contribution in [2.45, 2.75) is 19.8 Å². The van der Waals surface area contributed by atoms with E-state index in [-0.39, 0.29) is 11.6 Å². The zero-order valence-electron chi connectivity index (χ0n) is 9.44. The van der Waals surface area contributed by atoms with E-state index in [2.05, 4.69) is 4.98 Å². The molecule has 0 aliphatic rings. The van der Waals surface area contributed by atoms with Gasteiger partial charge in [-0.15, -0.1) is 11.3 Å². The van der Waals surface area contributed by atoms with Crippen molar-refractivity contribution in [3.8, 4) is 11.3 Å². The van der Waals surface area contributed by atoms with Crippen molar-refractivity contribution in [1.82, 2.24) is 4.98 Å². The summed E-state index contributed by atoms with van der Waals surface area (Å²) in [5.41, 5.74) is 1.74. The van der Waals surface area contributed by atoms with Gasteiger partial charge in [-0.25, -0.2) is 9.37 Å². The van der Waals surface area contributed by atoms with Crippen molar-refractivity contribution < 1.29 is 9.18 Å². The molecule has 0 saturated carbocycles. The number of benzene rings is 1. The number of rotatable bonds is 4. The lowest BCUT2D eigenvalue weighted by Crippen LogP contribution is -1.93. The third kappa shape index (κ3) is 3.20. The lowest BCUT2D eigenvalue weighted by Gasteiger charge is -1.95. The number of ketones is 1. The normalized spacial score (nSPS) is 10.5. The molecule has 0 aliphatic carbocycles. The van der Waals surface area contributed by atoms with Crippen LogP contribution in [0.2, 0.25) is 0 Å². The van der Waals surface area contributed by atoms with Crippen LogP contribution in [-0.2, 0) is 11.2 Å². The van der Waals surface area contributed by atoms with Crippen molar-refractivity contribution in [3.05, 3.63) is 40.5 Å².